The summed E-state index contributed by atoms with van der Waals surface area (Å²) in [7, 11) is 0. The summed E-state index contributed by atoms with van der Waals surface area (Å²) in [6, 6.07) is 16.7. The molecule has 0 aliphatic carbocycles. The van der Waals surface area contributed by atoms with Crippen molar-refractivity contribution in [3.05, 3.63) is 85.7 Å². The van der Waals surface area contributed by atoms with Gasteiger partial charge in [0.15, 0.2) is 0 Å². The Labute approximate surface area is 232 Å². The van der Waals surface area contributed by atoms with E-state index in [1.54, 1.807) is 70.1 Å². The first kappa shape index (κ1) is 22.1. The van der Waals surface area contributed by atoms with Crippen molar-refractivity contribution in [3.8, 4) is 40.9 Å². The molecule has 6 nitrogen and oxygen atoms in total. The minimum atomic E-state index is 0.975. The molecule has 0 amide bonds. The summed E-state index contributed by atoms with van der Waals surface area (Å²) < 4.78 is 2.32. The van der Waals surface area contributed by atoms with Gasteiger partial charge in [-0.15, -0.1) is 45.3 Å². The molecule has 0 aliphatic rings. The molecule has 6 aromatic heterocycles. The SMILES string of the molecule is c1cc(-c2ncc(-c3nc4cc5cc6sc(-c7cnc(-c8ccncc8)s7)nc6cc5cc4s3)s2)ccn1. The highest BCUT2D eigenvalue weighted by atomic mass is 32.1. The van der Waals surface area contributed by atoms with Crippen molar-refractivity contribution in [2.75, 3.05) is 0 Å². The van der Waals surface area contributed by atoms with Crippen molar-refractivity contribution in [3.63, 3.8) is 0 Å². The summed E-state index contributed by atoms with van der Waals surface area (Å²) in [5, 5.41) is 6.27. The first-order valence-electron chi connectivity index (χ1n) is 11.6. The van der Waals surface area contributed by atoms with E-state index in [1.807, 2.05) is 36.7 Å². The fraction of sp³-hybridized carbons (Fsp3) is 0. The maximum absolute atomic E-state index is 4.96. The van der Waals surface area contributed by atoms with Gasteiger partial charge in [0.1, 0.15) is 20.0 Å². The van der Waals surface area contributed by atoms with Crippen LogP contribution in [0, 0.1) is 0 Å². The Kier molecular flexibility index (Phi) is 5.12. The third-order valence-corrected chi connectivity index (χ3v) is 10.6. The van der Waals surface area contributed by atoms with Crippen LogP contribution in [0.15, 0.2) is 85.7 Å². The zero-order valence-corrected chi connectivity index (χ0v) is 22.7. The predicted octanol–water partition coefficient (Wildman–Crippen LogP) is 8.43. The summed E-state index contributed by atoms with van der Waals surface area (Å²) in [4.78, 5) is 29.5. The van der Waals surface area contributed by atoms with Gasteiger partial charge in [-0.3, -0.25) is 9.97 Å². The second-order valence-corrected chi connectivity index (χ2v) is 12.7. The zero-order valence-electron chi connectivity index (χ0n) is 19.4. The molecule has 0 N–H and O–H groups in total. The van der Waals surface area contributed by atoms with Crippen molar-refractivity contribution >= 4 is 76.6 Å². The van der Waals surface area contributed by atoms with E-state index in [4.69, 9.17) is 9.97 Å². The van der Waals surface area contributed by atoms with Gasteiger partial charge in [-0.25, -0.2) is 19.9 Å². The number of pyridine rings is 2. The van der Waals surface area contributed by atoms with Gasteiger partial charge in [-0.2, -0.15) is 0 Å². The van der Waals surface area contributed by atoms with Crippen LogP contribution in [0.4, 0.5) is 0 Å². The Morgan fingerprint density at radius 3 is 1.37 bits per heavy atom. The van der Waals surface area contributed by atoms with Crippen molar-refractivity contribution in [2.24, 2.45) is 0 Å². The van der Waals surface area contributed by atoms with Gasteiger partial charge >= 0.3 is 0 Å². The summed E-state index contributed by atoms with van der Waals surface area (Å²) >= 11 is 6.71. The monoisotopic (exact) mass is 562 g/mol. The normalized spacial score (nSPS) is 11.7. The van der Waals surface area contributed by atoms with Gasteiger partial charge in [0.2, 0.25) is 0 Å². The minimum Gasteiger partial charge on any atom is -0.265 e. The summed E-state index contributed by atoms with van der Waals surface area (Å²) in [6.45, 7) is 0. The van der Waals surface area contributed by atoms with E-state index >= 15 is 0 Å². The van der Waals surface area contributed by atoms with E-state index in [1.165, 1.54) is 10.8 Å². The topological polar surface area (TPSA) is 77.3 Å². The van der Waals surface area contributed by atoms with Gasteiger partial charge in [-0.05, 0) is 59.3 Å². The van der Waals surface area contributed by atoms with Gasteiger partial charge < -0.3 is 0 Å². The lowest BCUT2D eigenvalue weighted by molar-refractivity contribution is 1.32. The average molecular weight is 563 g/mol. The van der Waals surface area contributed by atoms with Crippen molar-refractivity contribution < 1.29 is 0 Å². The van der Waals surface area contributed by atoms with E-state index in [0.29, 0.717) is 0 Å². The van der Waals surface area contributed by atoms with Crippen LogP contribution in [0.3, 0.4) is 0 Å². The number of benzene rings is 2. The first-order chi connectivity index (χ1) is 18.8. The molecule has 0 saturated heterocycles. The summed E-state index contributed by atoms with van der Waals surface area (Å²) in [6.07, 6.45) is 11.0. The number of fused-ring (bicyclic) bond motifs is 3. The number of hydrogen-bond donors (Lipinski definition) is 0. The zero-order chi connectivity index (χ0) is 25.1. The molecule has 8 rings (SSSR count). The van der Waals surface area contributed by atoms with Crippen molar-refractivity contribution in [2.45, 2.75) is 0 Å². The fourth-order valence-corrected chi connectivity index (χ4v) is 8.22. The number of aromatic nitrogens is 6. The third-order valence-electron chi connectivity index (χ3n) is 6.14. The van der Waals surface area contributed by atoms with E-state index in [9.17, 15) is 0 Å². The molecule has 6 heterocycles. The van der Waals surface area contributed by atoms with Gasteiger partial charge in [0.05, 0.1) is 30.2 Å². The minimum absolute atomic E-state index is 0.975. The fourth-order valence-electron chi connectivity index (χ4n) is 4.31. The molecule has 10 heteroatoms. The molecule has 0 spiro atoms. The number of rotatable bonds is 4. The number of nitrogens with zero attached hydrogens (tertiary/aromatic N) is 6. The Morgan fingerprint density at radius 2 is 0.921 bits per heavy atom. The smallest absolute Gasteiger partial charge is 0.136 e. The van der Waals surface area contributed by atoms with Crippen LogP contribution in [-0.2, 0) is 0 Å². The molecule has 8 aromatic rings. The molecule has 0 fully saturated rings. The quantitative estimate of drug-likeness (QED) is 0.214. The Bertz CT molecular complexity index is 1870. The number of hydrogen-bond acceptors (Lipinski definition) is 10. The lowest BCUT2D eigenvalue weighted by Gasteiger charge is -1.97. The lowest BCUT2D eigenvalue weighted by Crippen LogP contribution is -1.76. The van der Waals surface area contributed by atoms with E-state index in [2.05, 4.69) is 44.2 Å². The second kappa shape index (κ2) is 8.81. The van der Waals surface area contributed by atoms with Crippen molar-refractivity contribution in [1.82, 2.24) is 29.9 Å². The third kappa shape index (κ3) is 3.81. The van der Waals surface area contributed by atoms with E-state index in [0.717, 1.165) is 61.3 Å². The highest BCUT2D eigenvalue weighted by Crippen LogP contribution is 2.40. The maximum atomic E-state index is 4.96. The number of thiazole rings is 4. The summed E-state index contributed by atoms with van der Waals surface area (Å²) in [5.74, 6) is 0. The molecule has 180 valence electrons. The van der Waals surface area contributed by atoms with Crippen molar-refractivity contribution in [1.29, 1.82) is 0 Å². The van der Waals surface area contributed by atoms with Gasteiger partial charge in [-0.1, -0.05) is 0 Å². The van der Waals surface area contributed by atoms with Crippen LogP contribution < -0.4 is 0 Å². The van der Waals surface area contributed by atoms with Crippen LogP contribution in [-0.4, -0.2) is 29.9 Å². The van der Waals surface area contributed by atoms with Gasteiger partial charge in [0.25, 0.3) is 0 Å². The van der Waals surface area contributed by atoms with E-state index in [-0.39, 0.29) is 0 Å². The highest BCUT2D eigenvalue weighted by Gasteiger charge is 2.15. The largest absolute Gasteiger partial charge is 0.265 e. The lowest BCUT2D eigenvalue weighted by atomic mass is 10.1. The molecule has 38 heavy (non-hydrogen) atoms. The first-order valence-corrected chi connectivity index (χ1v) is 14.9. The van der Waals surface area contributed by atoms with Crippen LogP contribution in [0.1, 0.15) is 0 Å². The maximum Gasteiger partial charge on any atom is 0.136 e. The molecule has 0 atom stereocenters. The van der Waals surface area contributed by atoms with Crippen LogP contribution in [0.25, 0.3) is 72.1 Å². The molecule has 0 saturated carbocycles. The second-order valence-electron chi connectivity index (χ2n) is 8.56. The van der Waals surface area contributed by atoms with Crippen LogP contribution >= 0.6 is 45.3 Å². The molecule has 0 unspecified atom stereocenters. The molecular formula is C28H14N6S4. The molecular weight excluding hydrogens is 549 g/mol. The van der Waals surface area contributed by atoms with E-state index < -0.39 is 0 Å². The predicted molar refractivity (Wildman–Crippen MR) is 159 cm³/mol. The standard InChI is InChI=1S/C28H14N6S4/c1-5-29-6-2-15(1)25-31-13-23(37-25)27-33-19-9-17-12-22-20(10-18(17)11-21(19)35-27)34-28(36-22)24-14-32-26(38-24)16-3-7-30-8-4-16/h1-14H. The molecule has 2 aromatic carbocycles. The van der Waals surface area contributed by atoms with Gasteiger partial charge in [0, 0.05) is 48.3 Å². The molecule has 0 bridgehead atoms. The summed E-state index contributed by atoms with van der Waals surface area (Å²) in [5.41, 5.74) is 4.15. The van der Waals surface area contributed by atoms with Crippen LogP contribution in [0.5, 0.6) is 0 Å². The van der Waals surface area contributed by atoms with Crippen LogP contribution in [0.2, 0.25) is 0 Å². The Morgan fingerprint density at radius 1 is 0.474 bits per heavy atom. The molecule has 0 radical (unpaired) electrons. The highest BCUT2D eigenvalue weighted by molar-refractivity contribution is 7.27. The Balaban J connectivity index is 1.15. The Hall–Kier alpha value is -3.96. The molecule has 0 aliphatic heterocycles. The average Bonchev–Trinajstić information content (AvgIpc) is 3.76.